The van der Waals surface area contributed by atoms with Gasteiger partial charge in [0.05, 0.1) is 32.0 Å². The number of hydrogen-bond donors (Lipinski definition) is 3. The highest BCUT2D eigenvalue weighted by Crippen LogP contribution is 2.08. The Hall–Kier alpha value is -1.14. The van der Waals surface area contributed by atoms with Crippen LogP contribution in [0.4, 0.5) is 0 Å². The molecule has 2 rings (SSSR count). The SMILES string of the molecule is OCCN1CCN=C1CCC1=[N+](CCO)CCN1. The van der Waals surface area contributed by atoms with E-state index in [-0.39, 0.29) is 13.2 Å². The number of nitrogens with zero attached hydrogens (tertiary/aromatic N) is 3. The molecule has 0 aromatic rings. The van der Waals surface area contributed by atoms with Crippen LogP contribution < -0.4 is 5.32 Å². The highest BCUT2D eigenvalue weighted by atomic mass is 16.3. The first-order chi connectivity index (χ1) is 8.85. The minimum Gasteiger partial charge on any atom is -0.395 e. The van der Waals surface area contributed by atoms with Crippen molar-refractivity contribution in [1.82, 2.24) is 10.2 Å². The third-order valence-corrected chi connectivity index (χ3v) is 3.45. The molecule has 0 fully saturated rings. The molecule has 102 valence electrons. The van der Waals surface area contributed by atoms with Crippen molar-refractivity contribution >= 4 is 11.7 Å². The summed E-state index contributed by atoms with van der Waals surface area (Å²) in [6.07, 6.45) is 1.84. The summed E-state index contributed by atoms with van der Waals surface area (Å²) in [5, 5.41) is 21.4. The van der Waals surface area contributed by atoms with Gasteiger partial charge in [-0.3, -0.25) is 14.9 Å². The van der Waals surface area contributed by atoms with Crippen LogP contribution in [0.2, 0.25) is 0 Å². The standard InChI is InChI=1S/C12H22N4O2/c17-9-7-15-5-3-13-11(15)1-2-12-14-4-6-16(12)8-10-18/h17-18H,1-10H2/p+1. The minimum absolute atomic E-state index is 0.185. The van der Waals surface area contributed by atoms with Crippen LogP contribution in [-0.2, 0) is 0 Å². The van der Waals surface area contributed by atoms with Gasteiger partial charge in [-0.25, -0.2) is 0 Å². The maximum absolute atomic E-state index is 8.99. The zero-order valence-corrected chi connectivity index (χ0v) is 10.8. The van der Waals surface area contributed by atoms with Gasteiger partial charge >= 0.3 is 0 Å². The van der Waals surface area contributed by atoms with E-state index in [0.717, 1.165) is 44.9 Å². The Balaban J connectivity index is 1.85. The summed E-state index contributed by atoms with van der Waals surface area (Å²) < 4.78 is 2.20. The summed E-state index contributed by atoms with van der Waals surface area (Å²) >= 11 is 0. The Morgan fingerprint density at radius 3 is 2.94 bits per heavy atom. The van der Waals surface area contributed by atoms with E-state index < -0.39 is 0 Å². The molecule has 3 N–H and O–H groups in total. The molecular weight excluding hydrogens is 232 g/mol. The van der Waals surface area contributed by atoms with Gasteiger partial charge in [0.25, 0.3) is 0 Å². The number of β-amino-alcohol motifs (C(OH)–C–C–N with tert-alkyl or cyclic N) is 2. The summed E-state index contributed by atoms with van der Waals surface area (Å²) in [6, 6.07) is 0. The second kappa shape index (κ2) is 6.70. The maximum atomic E-state index is 8.99. The van der Waals surface area contributed by atoms with E-state index in [1.54, 1.807) is 0 Å². The quantitative estimate of drug-likeness (QED) is 0.483. The fourth-order valence-corrected chi connectivity index (χ4v) is 2.55. The summed E-state index contributed by atoms with van der Waals surface area (Å²) in [4.78, 5) is 6.65. The van der Waals surface area contributed by atoms with E-state index >= 15 is 0 Å². The van der Waals surface area contributed by atoms with Crippen LogP contribution in [0.3, 0.4) is 0 Å². The molecule has 2 heterocycles. The summed E-state index contributed by atoms with van der Waals surface area (Å²) in [5.41, 5.74) is 0. The number of rotatable bonds is 7. The molecule has 0 bridgehead atoms. The Bertz CT molecular complexity index is 341. The van der Waals surface area contributed by atoms with Crippen molar-refractivity contribution in [3.8, 4) is 0 Å². The third-order valence-electron chi connectivity index (χ3n) is 3.45. The highest BCUT2D eigenvalue weighted by molar-refractivity contribution is 5.88. The molecule has 0 radical (unpaired) electrons. The molecule has 6 nitrogen and oxygen atoms in total. The van der Waals surface area contributed by atoms with Gasteiger partial charge in [0.15, 0.2) is 0 Å². The molecule has 0 spiro atoms. The van der Waals surface area contributed by atoms with E-state index in [2.05, 4.69) is 19.8 Å². The molecule has 0 aromatic carbocycles. The smallest absolute Gasteiger partial charge is 0.245 e. The summed E-state index contributed by atoms with van der Waals surface area (Å²) in [7, 11) is 0. The molecule has 6 heteroatoms. The number of aliphatic imine (C=N–C) groups is 1. The number of hydrogen-bond acceptors (Lipinski definition) is 5. The van der Waals surface area contributed by atoms with Crippen molar-refractivity contribution in [3.05, 3.63) is 0 Å². The van der Waals surface area contributed by atoms with Gasteiger partial charge in [-0.1, -0.05) is 0 Å². The number of amidine groups is 2. The number of aliphatic hydroxyl groups is 2. The first-order valence-corrected chi connectivity index (χ1v) is 6.70. The molecule has 0 aliphatic carbocycles. The molecule has 0 aromatic heterocycles. The molecule has 0 saturated heterocycles. The van der Waals surface area contributed by atoms with Crippen molar-refractivity contribution in [1.29, 1.82) is 0 Å². The van der Waals surface area contributed by atoms with Crippen LogP contribution in [0.1, 0.15) is 12.8 Å². The van der Waals surface area contributed by atoms with Gasteiger partial charge in [-0.2, -0.15) is 0 Å². The van der Waals surface area contributed by atoms with Crippen molar-refractivity contribution in [3.63, 3.8) is 0 Å². The lowest BCUT2D eigenvalue weighted by atomic mass is 10.2. The van der Waals surface area contributed by atoms with E-state index in [1.807, 2.05) is 0 Å². The van der Waals surface area contributed by atoms with E-state index in [1.165, 1.54) is 5.84 Å². The van der Waals surface area contributed by atoms with Gasteiger partial charge in [0.2, 0.25) is 5.84 Å². The summed E-state index contributed by atoms with van der Waals surface area (Å²) in [6.45, 7) is 5.48. The van der Waals surface area contributed by atoms with Crippen LogP contribution in [0.25, 0.3) is 0 Å². The summed E-state index contributed by atoms with van der Waals surface area (Å²) in [5.74, 6) is 2.32. The van der Waals surface area contributed by atoms with Gasteiger partial charge in [0, 0.05) is 19.5 Å². The topological polar surface area (TPSA) is 71.1 Å². The normalized spacial score (nSPS) is 19.4. The fraction of sp³-hybridized carbons (Fsp3) is 0.833. The highest BCUT2D eigenvalue weighted by Gasteiger charge is 2.23. The van der Waals surface area contributed by atoms with Crippen molar-refractivity contribution in [2.75, 3.05) is 52.5 Å². The lowest BCUT2D eigenvalue weighted by Gasteiger charge is -2.18. The van der Waals surface area contributed by atoms with Gasteiger partial charge in [0.1, 0.15) is 19.6 Å². The second-order valence-corrected chi connectivity index (χ2v) is 4.59. The Kier molecular flexibility index (Phi) is 4.95. The van der Waals surface area contributed by atoms with Gasteiger partial charge in [-0.05, 0) is 0 Å². The molecule has 2 aliphatic rings. The van der Waals surface area contributed by atoms with E-state index in [9.17, 15) is 0 Å². The minimum atomic E-state index is 0.185. The average molecular weight is 255 g/mol. The molecule has 0 atom stereocenters. The van der Waals surface area contributed by atoms with Crippen molar-refractivity contribution in [2.24, 2.45) is 4.99 Å². The average Bonchev–Trinajstić information content (AvgIpc) is 2.97. The Labute approximate surface area is 108 Å². The zero-order chi connectivity index (χ0) is 12.8. The number of nitrogens with one attached hydrogen (secondary N) is 1. The maximum Gasteiger partial charge on any atom is 0.245 e. The van der Waals surface area contributed by atoms with Crippen molar-refractivity contribution in [2.45, 2.75) is 12.8 Å². The third kappa shape index (κ3) is 3.20. The molecular formula is C12H23N4O2+. The van der Waals surface area contributed by atoms with E-state index in [4.69, 9.17) is 10.2 Å². The van der Waals surface area contributed by atoms with Crippen LogP contribution >= 0.6 is 0 Å². The van der Waals surface area contributed by atoms with Gasteiger partial charge < -0.3 is 15.1 Å². The first-order valence-electron chi connectivity index (χ1n) is 6.70. The Morgan fingerprint density at radius 1 is 1.28 bits per heavy atom. The molecule has 0 unspecified atom stereocenters. The van der Waals surface area contributed by atoms with Crippen LogP contribution in [0.15, 0.2) is 4.99 Å². The van der Waals surface area contributed by atoms with Crippen LogP contribution in [-0.4, -0.2) is 83.8 Å². The lowest BCUT2D eigenvalue weighted by Crippen LogP contribution is -2.32. The first kappa shape index (κ1) is 13.3. The zero-order valence-electron chi connectivity index (χ0n) is 10.8. The fourth-order valence-electron chi connectivity index (χ4n) is 2.55. The van der Waals surface area contributed by atoms with Crippen LogP contribution in [0.5, 0.6) is 0 Å². The Morgan fingerprint density at radius 2 is 2.17 bits per heavy atom. The predicted molar refractivity (Wildman–Crippen MR) is 70.3 cm³/mol. The van der Waals surface area contributed by atoms with Crippen LogP contribution in [0, 0.1) is 0 Å². The molecule has 0 saturated carbocycles. The van der Waals surface area contributed by atoms with E-state index in [0.29, 0.717) is 13.1 Å². The lowest BCUT2D eigenvalue weighted by molar-refractivity contribution is -0.521. The monoisotopic (exact) mass is 255 g/mol. The molecule has 2 aliphatic heterocycles. The van der Waals surface area contributed by atoms with Gasteiger partial charge in [-0.15, -0.1) is 0 Å². The second-order valence-electron chi connectivity index (χ2n) is 4.59. The number of aliphatic hydroxyl groups excluding tert-OH is 2. The molecule has 0 amide bonds. The molecule has 18 heavy (non-hydrogen) atoms. The largest absolute Gasteiger partial charge is 0.395 e. The predicted octanol–water partition coefficient (Wildman–Crippen LogP) is -1.52. The van der Waals surface area contributed by atoms with Crippen molar-refractivity contribution < 1.29 is 14.8 Å².